The van der Waals surface area contributed by atoms with Gasteiger partial charge in [0.1, 0.15) is 0 Å². The molecule has 0 heterocycles. The predicted octanol–water partition coefficient (Wildman–Crippen LogP) is -1.03. The second-order valence-electron chi connectivity index (χ2n) is 1.23. The quantitative estimate of drug-likeness (QED) is 0.541. The first kappa shape index (κ1) is 7.87. The molecule has 1 N–H and O–H groups in total. The highest BCUT2D eigenvalue weighted by Crippen LogP contribution is 1.77. The molecule has 0 aromatic heterocycles. The van der Waals surface area contributed by atoms with E-state index in [-0.39, 0.29) is 5.75 Å². The van der Waals surface area contributed by atoms with Crippen molar-refractivity contribution in [1.82, 2.24) is 4.72 Å². The van der Waals surface area contributed by atoms with Gasteiger partial charge in [-0.3, -0.25) is 0 Å². The van der Waals surface area contributed by atoms with Crippen LogP contribution in [0.3, 0.4) is 0 Å². The average Bonchev–Trinajstić information content (AvgIpc) is 1.67. The molecule has 49 valence electrons. The molecule has 0 rings (SSSR count). The molecule has 4 nitrogen and oxygen atoms in total. The van der Waals surface area contributed by atoms with Crippen LogP contribution in [0.4, 0.5) is 0 Å². The summed E-state index contributed by atoms with van der Waals surface area (Å²) in [7, 11) is -1.95. The number of rotatable bonds is 3. The lowest BCUT2D eigenvalue weighted by atomic mass is 10.9. The van der Waals surface area contributed by atoms with Gasteiger partial charge in [0.15, 0.2) is 0 Å². The lowest BCUT2D eigenvalue weighted by molar-refractivity contribution is 0.213. The van der Waals surface area contributed by atoms with E-state index in [4.69, 9.17) is 0 Å². The molecular weight excluding hydrogens is 130 g/mol. The summed E-state index contributed by atoms with van der Waals surface area (Å²) in [4.78, 5) is 0. The van der Waals surface area contributed by atoms with Crippen LogP contribution in [-0.2, 0) is 15.1 Å². The minimum absolute atomic E-state index is 0.330. The number of hydrogen-bond donors (Lipinski definition) is 1. The van der Waals surface area contributed by atoms with Gasteiger partial charge in [0, 0.05) is 0 Å². The van der Waals surface area contributed by atoms with Crippen molar-refractivity contribution in [3.8, 4) is 0 Å². The third kappa shape index (κ3) is 2.95. The minimum atomic E-state index is -3.23. The summed E-state index contributed by atoms with van der Waals surface area (Å²) in [5.74, 6) is -0.330. The zero-order valence-electron chi connectivity index (χ0n) is 4.55. The highest BCUT2D eigenvalue weighted by atomic mass is 32.2. The van der Waals surface area contributed by atoms with Gasteiger partial charge in [-0.05, 0) is 7.05 Å². The second kappa shape index (κ2) is 3.01. The zero-order chi connectivity index (χ0) is 6.62. The van der Waals surface area contributed by atoms with Crippen LogP contribution in [0.5, 0.6) is 0 Å². The molecule has 0 unspecified atom stereocenters. The Labute approximate surface area is 48.6 Å². The maximum atomic E-state index is 10.3. The van der Waals surface area contributed by atoms with E-state index in [0.717, 1.165) is 0 Å². The molecule has 0 atom stereocenters. The van der Waals surface area contributed by atoms with Gasteiger partial charge >= 0.3 is 0 Å². The summed E-state index contributed by atoms with van der Waals surface area (Å²) in [5, 5.41) is 9.69. The molecule has 0 amide bonds. The van der Waals surface area contributed by atoms with Gasteiger partial charge in [-0.25, -0.2) is 18.2 Å². The smallest absolute Gasteiger partial charge is 0.213 e. The van der Waals surface area contributed by atoms with Gasteiger partial charge in [0.25, 0.3) is 0 Å². The molecule has 0 saturated carbocycles. The van der Waals surface area contributed by atoms with E-state index < -0.39 is 16.6 Å². The van der Waals surface area contributed by atoms with Crippen molar-refractivity contribution in [2.75, 3.05) is 19.4 Å². The summed E-state index contributed by atoms with van der Waals surface area (Å²) in [6.45, 7) is -0.580. The molecule has 0 aromatic rings. The molecule has 0 bridgehead atoms. The Kier molecular flexibility index (Phi) is 2.96. The van der Waals surface area contributed by atoms with Crippen molar-refractivity contribution in [2.45, 2.75) is 0 Å². The van der Waals surface area contributed by atoms with E-state index in [0.29, 0.717) is 0 Å². The molecule has 8 heavy (non-hydrogen) atoms. The molecule has 5 heteroatoms. The van der Waals surface area contributed by atoms with E-state index in [1.165, 1.54) is 7.05 Å². The van der Waals surface area contributed by atoms with Crippen LogP contribution < -0.4 is 4.72 Å². The van der Waals surface area contributed by atoms with Gasteiger partial charge in [-0.1, -0.05) is 0 Å². The number of sulfonamides is 1. The van der Waals surface area contributed by atoms with Crippen molar-refractivity contribution in [3.05, 3.63) is 0 Å². The van der Waals surface area contributed by atoms with Crippen LogP contribution in [0.25, 0.3) is 0 Å². The Bertz CT molecular complexity index is 139. The number of hydrogen-bond acceptors (Lipinski definition) is 2. The Morgan fingerprint density at radius 1 is 1.50 bits per heavy atom. The summed E-state index contributed by atoms with van der Waals surface area (Å²) in [6.07, 6.45) is 0. The van der Waals surface area contributed by atoms with Crippen LogP contribution in [0.2, 0.25) is 0 Å². The van der Waals surface area contributed by atoms with Crippen molar-refractivity contribution in [2.24, 2.45) is 0 Å². The molecule has 0 aliphatic carbocycles. The summed E-state index contributed by atoms with van der Waals surface area (Å²) in [5.41, 5.74) is 0. The molecule has 0 fully saturated rings. The fraction of sp³-hybridized carbons (Fsp3) is 1.00. The van der Waals surface area contributed by atoms with Crippen LogP contribution in [0.1, 0.15) is 0 Å². The molecule has 0 aromatic carbocycles. The van der Waals surface area contributed by atoms with E-state index >= 15 is 0 Å². The fourth-order valence-electron chi connectivity index (χ4n) is 0.212. The molecule has 0 aliphatic rings. The van der Waals surface area contributed by atoms with Crippen molar-refractivity contribution >= 4 is 10.0 Å². The molecular formula is C3H8NO3S. The Balaban J connectivity index is 3.76. The van der Waals surface area contributed by atoms with E-state index in [2.05, 4.69) is 0 Å². The summed E-state index contributed by atoms with van der Waals surface area (Å²) in [6, 6.07) is 0. The average molecular weight is 138 g/mol. The lowest BCUT2D eigenvalue weighted by Gasteiger charge is -1.94. The Hall–Kier alpha value is -0.130. The first-order valence-electron chi connectivity index (χ1n) is 2.11. The van der Waals surface area contributed by atoms with E-state index in [1.54, 1.807) is 0 Å². The third-order valence-electron chi connectivity index (χ3n) is 0.663. The van der Waals surface area contributed by atoms with Crippen LogP contribution >= 0.6 is 0 Å². The SMILES string of the molecule is CNS(=O)(=O)CC[O]. The number of nitrogens with one attached hydrogen (secondary N) is 1. The largest absolute Gasteiger partial charge is 0.236 e. The monoisotopic (exact) mass is 138 g/mol. The zero-order valence-corrected chi connectivity index (χ0v) is 5.36. The summed E-state index contributed by atoms with van der Waals surface area (Å²) < 4.78 is 22.6. The van der Waals surface area contributed by atoms with E-state index in [1.807, 2.05) is 4.72 Å². The topological polar surface area (TPSA) is 66.1 Å². The van der Waals surface area contributed by atoms with Crippen molar-refractivity contribution in [1.29, 1.82) is 0 Å². The first-order chi connectivity index (χ1) is 3.62. The molecule has 0 saturated heterocycles. The molecule has 1 radical (unpaired) electrons. The normalized spacial score (nSPS) is 11.8. The first-order valence-corrected chi connectivity index (χ1v) is 3.77. The standard InChI is InChI=1S/C3H8NO3S/c1-4-8(6,7)3-2-5/h4H,2-3H2,1H3. The maximum Gasteiger partial charge on any atom is 0.213 e. The van der Waals surface area contributed by atoms with Gasteiger partial charge < -0.3 is 0 Å². The third-order valence-corrected chi connectivity index (χ3v) is 1.99. The fourth-order valence-corrected chi connectivity index (χ4v) is 0.635. The Morgan fingerprint density at radius 2 is 2.00 bits per heavy atom. The highest BCUT2D eigenvalue weighted by molar-refractivity contribution is 7.89. The van der Waals surface area contributed by atoms with Crippen molar-refractivity contribution in [3.63, 3.8) is 0 Å². The Morgan fingerprint density at radius 3 is 2.12 bits per heavy atom. The van der Waals surface area contributed by atoms with Gasteiger partial charge in [0.2, 0.25) is 10.0 Å². The van der Waals surface area contributed by atoms with Crippen LogP contribution in [0.15, 0.2) is 0 Å². The van der Waals surface area contributed by atoms with Crippen LogP contribution in [0, 0.1) is 0 Å². The predicted molar refractivity (Wildman–Crippen MR) is 28.4 cm³/mol. The van der Waals surface area contributed by atoms with Gasteiger partial charge in [-0.15, -0.1) is 0 Å². The molecule has 0 spiro atoms. The van der Waals surface area contributed by atoms with E-state index in [9.17, 15) is 13.5 Å². The molecule has 0 aliphatic heterocycles. The van der Waals surface area contributed by atoms with Gasteiger partial charge in [0.05, 0.1) is 12.4 Å². The van der Waals surface area contributed by atoms with Crippen LogP contribution in [-0.4, -0.2) is 27.8 Å². The maximum absolute atomic E-state index is 10.3. The minimum Gasteiger partial charge on any atom is -0.236 e. The summed E-state index contributed by atoms with van der Waals surface area (Å²) >= 11 is 0. The highest BCUT2D eigenvalue weighted by Gasteiger charge is 2.03. The van der Waals surface area contributed by atoms with Crippen molar-refractivity contribution < 1.29 is 13.5 Å². The lowest BCUT2D eigenvalue weighted by Crippen LogP contribution is -2.23. The second-order valence-corrected chi connectivity index (χ2v) is 3.27. The van der Waals surface area contributed by atoms with Gasteiger partial charge in [-0.2, -0.15) is 0 Å².